The molecule has 0 bridgehead atoms. The molecule has 2 amide bonds. The zero-order valence-electron chi connectivity index (χ0n) is 10.7. The standard InChI is InChI=1S/C14H18N2O3/c1-2-3-4-9-15-14(19)16-10-11-5-7-12(8-6-11)13(17)18/h2,5-8H,1,3-4,9-10H2,(H,17,18)(H2,15,16,19). The molecule has 0 heterocycles. The van der Waals surface area contributed by atoms with Gasteiger partial charge in [0.1, 0.15) is 0 Å². The smallest absolute Gasteiger partial charge is 0.335 e. The van der Waals surface area contributed by atoms with Crippen LogP contribution in [-0.2, 0) is 6.54 Å². The Balaban J connectivity index is 2.29. The van der Waals surface area contributed by atoms with Gasteiger partial charge in [0.15, 0.2) is 0 Å². The van der Waals surface area contributed by atoms with Gasteiger partial charge >= 0.3 is 12.0 Å². The maximum atomic E-state index is 11.4. The number of carbonyl (C=O) groups is 2. The van der Waals surface area contributed by atoms with E-state index in [0.717, 1.165) is 18.4 Å². The first-order valence-electron chi connectivity index (χ1n) is 6.08. The Bertz CT molecular complexity index is 441. The summed E-state index contributed by atoms with van der Waals surface area (Å²) in [7, 11) is 0. The second-order valence-electron chi connectivity index (χ2n) is 4.04. The maximum absolute atomic E-state index is 11.4. The van der Waals surface area contributed by atoms with Gasteiger partial charge in [-0.05, 0) is 30.5 Å². The van der Waals surface area contributed by atoms with Crippen LogP contribution in [0.15, 0.2) is 36.9 Å². The van der Waals surface area contributed by atoms with Gasteiger partial charge in [-0.15, -0.1) is 6.58 Å². The molecule has 19 heavy (non-hydrogen) atoms. The van der Waals surface area contributed by atoms with E-state index in [4.69, 9.17) is 5.11 Å². The summed E-state index contributed by atoms with van der Waals surface area (Å²) in [6.07, 6.45) is 3.55. The van der Waals surface area contributed by atoms with E-state index in [1.165, 1.54) is 12.1 Å². The second-order valence-corrected chi connectivity index (χ2v) is 4.04. The molecule has 1 aromatic carbocycles. The summed E-state index contributed by atoms with van der Waals surface area (Å²) in [6.45, 7) is 4.58. The molecule has 1 aromatic rings. The van der Waals surface area contributed by atoms with Crippen LogP contribution in [0.5, 0.6) is 0 Å². The lowest BCUT2D eigenvalue weighted by Gasteiger charge is -2.07. The molecule has 3 N–H and O–H groups in total. The van der Waals surface area contributed by atoms with Gasteiger partial charge in [0.05, 0.1) is 5.56 Å². The van der Waals surface area contributed by atoms with Crippen molar-refractivity contribution in [2.45, 2.75) is 19.4 Å². The van der Waals surface area contributed by atoms with E-state index in [-0.39, 0.29) is 11.6 Å². The summed E-state index contributed by atoms with van der Waals surface area (Å²) in [5, 5.41) is 14.2. The van der Waals surface area contributed by atoms with Crippen LogP contribution in [0.25, 0.3) is 0 Å². The number of allylic oxidation sites excluding steroid dienone is 1. The van der Waals surface area contributed by atoms with E-state index in [0.29, 0.717) is 13.1 Å². The minimum atomic E-state index is -0.959. The number of unbranched alkanes of at least 4 members (excludes halogenated alkanes) is 1. The molecule has 1 rings (SSSR count). The average molecular weight is 262 g/mol. The molecule has 0 saturated carbocycles. The highest BCUT2D eigenvalue weighted by atomic mass is 16.4. The summed E-state index contributed by atoms with van der Waals surface area (Å²) >= 11 is 0. The molecule has 0 aromatic heterocycles. The third kappa shape index (κ3) is 5.72. The molecule has 0 spiro atoms. The first-order chi connectivity index (χ1) is 9.13. The molecular weight excluding hydrogens is 244 g/mol. The van der Waals surface area contributed by atoms with Crippen LogP contribution >= 0.6 is 0 Å². The van der Waals surface area contributed by atoms with Gasteiger partial charge in [-0.25, -0.2) is 9.59 Å². The number of nitrogens with one attached hydrogen (secondary N) is 2. The van der Waals surface area contributed by atoms with Crippen molar-refractivity contribution in [3.05, 3.63) is 48.0 Å². The van der Waals surface area contributed by atoms with E-state index < -0.39 is 5.97 Å². The Morgan fingerprint density at radius 2 is 1.89 bits per heavy atom. The fraction of sp³-hybridized carbons (Fsp3) is 0.286. The first-order valence-corrected chi connectivity index (χ1v) is 6.08. The monoisotopic (exact) mass is 262 g/mol. The molecule has 0 aliphatic rings. The number of hydrogen-bond donors (Lipinski definition) is 3. The van der Waals surface area contributed by atoms with Crippen LogP contribution in [0.1, 0.15) is 28.8 Å². The Morgan fingerprint density at radius 3 is 2.47 bits per heavy atom. The molecular formula is C14H18N2O3. The van der Waals surface area contributed by atoms with Crippen molar-refractivity contribution in [3.8, 4) is 0 Å². The van der Waals surface area contributed by atoms with Crippen molar-refractivity contribution in [3.63, 3.8) is 0 Å². The van der Waals surface area contributed by atoms with E-state index in [2.05, 4.69) is 17.2 Å². The molecule has 0 atom stereocenters. The van der Waals surface area contributed by atoms with E-state index in [9.17, 15) is 9.59 Å². The zero-order valence-corrected chi connectivity index (χ0v) is 10.7. The number of rotatable bonds is 7. The molecule has 0 aliphatic heterocycles. The van der Waals surface area contributed by atoms with Crippen molar-refractivity contribution in [2.24, 2.45) is 0 Å². The first kappa shape index (κ1) is 14.8. The number of urea groups is 1. The van der Waals surface area contributed by atoms with Crippen LogP contribution < -0.4 is 10.6 Å². The highest BCUT2D eigenvalue weighted by molar-refractivity contribution is 5.87. The Labute approximate surface area is 112 Å². The fourth-order valence-corrected chi connectivity index (χ4v) is 1.46. The maximum Gasteiger partial charge on any atom is 0.335 e. The van der Waals surface area contributed by atoms with Gasteiger partial charge in [-0.2, -0.15) is 0 Å². The number of carbonyl (C=O) groups excluding carboxylic acids is 1. The summed E-state index contributed by atoms with van der Waals surface area (Å²) in [5.41, 5.74) is 1.09. The zero-order chi connectivity index (χ0) is 14.1. The number of carboxylic acid groups (broad SMARTS) is 1. The Kier molecular flexibility index (Phi) is 6.15. The third-order valence-corrected chi connectivity index (χ3v) is 2.52. The van der Waals surface area contributed by atoms with Gasteiger partial charge < -0.3 is 15.7 Å². The van der Waals surface area contributed by atoms with E-state index in [1.807, 2.05) is 6.08 Å². The molecule has 0 unspecified atom stereocenters. The van der Waals surface area contributed by atoms with Crippen molar-refractivity contribution < 1.29 is 14.7 Å². The number of aromatic carboxylic acids is 1. The summed E-state index contributed by atoms with van der Waals surface area (Å²) < 4.78 is 0. The molecule has 0 saturated heterocycles. The molecule has 5 nitrogen and oxygen atoms in total. The summed E-state index contributed by atoms with van der Waals surface area (Å²) in [4.78, 5) is 22.1. The predicted molar refractivity (Wildman–Crippen MR) is 73.1 cm³/mol. The van der Waals surface area contributed by atoms with Gasteiger partial charge in [0.2, 0.25) is 0 Å². The molecule has 0 aliphatic carbocycles. The predicted octanol–water partition coefficient (Wildman–Crippen LogP) is 2.15. The Morgan fingerprint density at radius 1 is 1.21 bits per heavy atom. The second kappa shape index (κ2) is 7.92. The van der Waals surface area contributed by atoms with E-state index in [1.54, 1.807) is 12.1 Å². The minimum Gasteiger partial charge on any atom is -0.478 e. The number of benzene rings is 1. The van der Waals surface area contributed by atoms with Gasteiger partial charge in [-0.1, -0.05) is 18.2 Å². The van der Waals surface area contributed by atoms with Crippen LogP contribution in [0.3, 0.4) is 0 Å². The number of carboxylic acids is 1. The lowest BCUT2D eigenvalue weighted by atomic mass is 10.1. The van der Waals surface area contributed by atoms with Crippen molar-refractivity contribution >= 4 is 12.0 Å². The third-order valence-electron chi connectivity index (χ3n) is 2.52. The van der Waals surface area contributed by atoms with Crippen molar-refractivity contribution in [1.82, 2.24) is 10.6 Å². The van der Waals surface area contributed by atoms with Gasteiger partial charge in [0, 0.05) is 13.1 Å². The Hall–Kier alpha value is -2.30. The lowest BCUT2D eigenvalue weighted by molar-refractivity contribution is 0.0697. The van der Waals surface area contributed by atoms with Gasteiger partial charge in [0.25, 0.3) is 0 Å². The number of amides is 2. The molecule has 5 heteroatoms. The molecule has 0 fully saturated rings. The highest BCUT2D eigenvalue weighted by Gasteiger charge is 2.03. The van der Waals surface area contributed by atoms with Gasteiger partial charge in [-0.3, -0.25) is 0 Å². The van der Waals surface area contributed by atoms with Crippen LogP contribution in [0.2, 0.25) is 0 Å². The van der Waals surface area contributed by atoms with Crippen molar-refractivity contribution in [2.75, 3.05) is 6.54 Å². The number of hydrogen-bond acceptors (Lipinski definition) is 2. The minimum absolute atomic E-state index is 0.230. The fourth-order valence-electron chi connectivity index (χ4n) is 1.46. The largest absolute Gasteiger partial charge is 0.478 e. The molecule has 0 radical (unpaired) electrons. The summed E-state index contributed by atoms with van der Waals surface area (Å²) in [5.74, 6) is -0.959. The highest BCUT2D eigenvalue weighted by Crippen LogP contribution is 2.04. The average Bonchev–Trinajstić information content (AvgIpc) is 2.42. The van der Waals surface area contributed by atoms with Crippen LogP contribution in [-0.4, -0.2) is 23.7 Å². The quantitative estimate of drug-likeness (QED) is 0.520. The van der Waals surface area contributed by atoms with Crippen LogP contribution in [0, 0.1) is 0 Å². The lowest BCUT2D eigenvalue weighted by Crippen LogP contribution is -2.35. The normalized spacial score (nSPS) is 9.68. The SMILES string of the molecule is C=CCCCNC(=O)NCc1ccc(C(=O)O)cc1. The van der Waals surface area contributed by atoms with E-state index >= 15 is 0 Å². The molecule has 102 valence electrons. The topological polar surface area (TPSA) is 78.4 Å². The summed E-state index contributed by atoms with van der Waals surface area (Å²) in [6, 6.07) is 6.16. The van der Waals surface area contributed by atoms with Crippen LogP contribution in [0.4, 0.5) is 4.79 Å². The van der Waals surface area contributed by atoms with Crippen molar-refractivity contribution in [1.29, 1.82) is 0 Å².